The number of anilines is 1. The number of halogens is 4. The molecule has 0 fully saturated rings. The first-order valence-corrected chi connectivity index (χ1v) is 7.91. The van der Waals surface area contributed by atoms with E-state index >= 15 is 0 Å². The fourth-order valence-electron chi connectivity index (χ4n) is 2.42. The second-order valence-corrected chi connectivity index (χ2v) is 6.00. The quantitative estimate of drug-likeness (QED) is 0.702. The summed E-state index contributed by atoms with van der Waals surface area (Å²) in [5, 5.41) is 2.48. The maximum absolute atomic E-state index is 12.7. The Hall–Kier alpha value is -3.01. The van der Waals surface area contributed by atoms with Crippen LogP contribution in [0.1, 0.15) is 12.0 Å². The van der Waals surface area contributed by atoms with E-state index in [1.54, 1.807) is 0 Å². The minimum atomic E-state index is -4.67. The largest absolute Gasteiger partial charge is 0.419 e. The maximum Gasteiger partial charge on any atom is 0.419 e. The lowest BCUT2D eigenvalue weighted by molar-refractivity contribution is -0.137. The number of hydrogen-bond donors (Lipinski definition) is 2. The number of aromatic nitrogens is 2. The summed E-state index contributed by atoms with van der Waals surface area (Å²) in [5.74, 6) is -1.45. The summed E-state index contributed by atoms with van der Waals surface area (Å²) in [4.78, 5) is 37.4. The van der Waals surface area contributed by atoms with Gasteiger partial charge in [0.25, 0.3) is 5.56 Å². The highest BCUT2D eigenvalue weighted by Gasteiger charge is 2.31. The highest BCUT2D eigenvalue weighted by atomic mass is 35.5. The van der Waals surface area contributed by atoms with Crippen LogP contribution in [0.25, 0.3) is 11.1 Å². The van der Waals surface area contributed by atoms with Crippen molar-refractivity contribution in [1.29, 1.82) is 0 Å². The molecule has 0 aliphatic heterocycles. The normalized spacial score (nSPS) is 11.7. The summed E-state index contributed by atoms with van der Waals surface area (Å²) in [6.07, 6.45) is -4.43. The number of pyridine rings is 1. The van der Waals surface area contributed by atoms with E-state index in [9.17, 15) is 27.6 Å². The molecule has 0 radical (unpaired) electrons. The molecule has 2 N–H and O–H groups in total. The van der Waals surface area contributed by atoms with Crippen LogP contribution in [0.2, 0.25) is 5.02 Å². The number of amides is 1. The van der Waals surface area contributed by atoms with Crippen molar-refractivity contribution in [2.24, 2.45) is 0 Å². The van der Waals surface area contributed by atoms with Crippen molar-refractivity contribution < 1.29 is 22.4 Å². The molecule has 2 aromatic heterocycles. The summed E-state index contributed by atoms with van der Waals surface area (Å²) in [6.45, 7) is -0.101. The van der Waals surface area contributed by atoms with Crippen molar-refractivity contribution in [3.8, 4) is 0 Å². The van der Waals surface area contributed by atoms with Gasteiger partial charge in [0.1, 0.15) is 5.69 Å². The second kappa shape index (κ2) is 6.95. The summed E-state index contributed by atoms with van der Waals surface area (Å²) in [6, 6.07) is 5.06. The molecular weight excluding hydrogens is 391 g/mol. The lowest BCUT2D eigenvalue weighted by Gasteiger charge is -2.09. The van der Waals surface area contributed by atoms with Gasteiger partial charge in [-0.15, -0.1) is 0 Å². The van der Waals surface area contributed by atoms with E-state index in [0.717, 1.165) is 0 Å². The van der Waals surface area contributed by atoms with E-state index < -0.39 is 34.6 Å². The van der Waals surface area contributed by atoms with Gasteiger partial charge in [0.15, 0.2) is 5.58 Å². The number of alkyl halides is 3. The summed E-state index contributed by atoms with van der Waals surface area (Å²) < 4.78 is 44.3. The van der Waals surface area contributed by atoms with Gasteiger partial charge in [-0.3, -0.25) is 14.2 Å². The monoisotopic (exact) mass is 401 g/mol. The summed E-state index contributed by atoms with van der Waals surface area (Å²) in [5.41, 5.74) is -1.87. The van der Waals surface area contributed by atoms with Crippen LogP contribution in [0.15, 0.2) is 44.5 Å². The first-order valence-electron chi connectivity index (χ1n) is 7.54. The van der Waals surface area contributed by atoms with Gasteiger partial charge in [0, 0.05) is 30.3 Å². The zero-order chi connectivity index (χ0) is 19.8. The SMILES string of the molecule is O=C(CCn1c(=O)oc2cc(Cl)ccc21)Nc1cc(C(F)(F)F)c[nH]c1=O. The molecule has 0 unspecified atom stereocenters. The van der Waals surface area contributed by atoms with Crippen molar-refractivity contribution in [2.45, 2.75) is 19.1 Å². The number of H-pyrrole nitrogens is 1. The van der Waals surface area contributed by atoms with Crippen LogP contribution in [-0.2, 0) is 17.5 Å². The third-order valence-electron chi connectivity index (χ3n) is 3.70. The molecule has 1 aromatic carbocycles. The Kier molecular flexibility index (Phi) is 4.83. The molecule has 0 aliphatic carbocycles. The number of nitrogens with one attached hydrogen (secondary N) is 2. The van der Waals surface area contributed by atoms with E-state index in [4.69, 9.17) is 16.0 Å². The Morgan fingerprint density at radius 3 is 2.70 bits per heavy atom. The van der Waals surface area contributed by atoms with E-state index in [-0.39, 0.29) is 18.5 Å². The number of fused-ring (bicyclic) bond motifs is 1. The number of carbonyl (C=O) groups is 1. The van der Waals surface area contributed by atoms with Crippen molar-refractivity contribution in [1.82, 2.24) is 9.55 Å². The standard InChI is InChI=1S/C16H11ClF3N3O4/c17-9-1-2-11-12(6-9)27-15(26)23(11)4-3-13(24)22-10-5-8(16(18,19)20)7-21-14(10)25/h1-2,5-7H,3-4H2,(H,21,25)(H,22,24). The average Bonchev–Trinajstić information content (AvgIpc) is 2.88. The molecule has 0 spiro atoms. The van der Waals surface area contributed by atoms with Crippen molar-refractivity contribution in [2.75, 3.05) is 5.32 Å². The minimum Gasteiger partial charge on any atom is -0.408 e. The van der Waals surface area contributed by atoms with Gasteiger partial charge in [0.05, 0.1) is 11.1 Å². The molecule has 0 aliphatic rings. The first-order chi connectivity index (χ1) is 12.6. The fraction of sp³-hybridized carbons (Fsp3) is 0.188. The Morgan fingerprint density at radius 1 is 1.26 bits per heavy atom. The van der Waals surface area contributed by atoms with E-state index in [1.165, 1.54) is 22.8 Å². The average molecular weight is 402 g/mol. The number of benzene rings is 1. The number of rotatable bonds is 4. The predicted molar refractivity (Wildman–Crippen MR) is 90.8 cm³/mol. The zero-order valence-electron chi connectivity index (χ0n) is 13.4. The maximum atomic E-state index is 12.7. The molecule has 0 bridgehead atoms. The van der Waals surface area contributed by atoms with Crippen molar-refractivity contribution in [3.63, 3.8) is 0 Å². The Balaban J connectivity index is 1.75. The number of aromatic amines is 1. The first kappa shape index (κ1) is 18.8. The zero-order valence-corrected chi connectivity index (χ0v) is 14.1. The third-order valence-corrected chi connectivity index (χ3v) is 3.93. The van der Waals surface area contributed by atoms with Crippen LogP contribution in [0, 0.1) is 0 Å². The Labute approximate surface area is 153 Å². The molecule has 7 nitrogen and oxygen atoms in total. The number of hydrogen-bond acceptors (Lipinski definition) is 4. The second-order valence-electron chi connectivity index (χ2n) is 5.56. The fourth-order valence-corrected chi connectivity index (χ4v) is 2.58. The van der Waals surface area contributed by atoms with Crippen LogP contribution in [0.5, 0.6) is 0 Å². The van der Waals surface area contributed by atoms with Gasteiger partial charge in [-0.1, -0.05) is 11.6 Å². The van der Waals surface area contributed by atoms with Crippen LogP contribution < -0.4 is 16.6 Å². The molecule has 0 atom stereocenters. The molecule has 3 rings (SSSR count). The lowest BCUT2D eigenvalue weighted by atomic mass is 10.2. The molecule has 0 saturated heterocycles. The van der Waals surface area contributed by atoms with E-state index in [2.05, 4.69) is 5.32 Å². The van der Waals surface area contributed by atoms with Gasteiger partial charge in [-0.05, 0) is 18.2 Å². The van der Waals surface area contributed by atoms with Gasteiger partial charge in [-0.2, -0.15) is 13.2 Å². The molecule has 142 valence electrons. The van der Waals surface area contributed by atoms with E-state index in [0.29, 0.717) is 22.8 Å². The molecule has 0 saturated carbocycles. The highest BCUT2D eigenvalue weighted by molar-refractivity contribution is 6.31. The molecule has 27 heavy (non-hydrogen) atoms. The molecule has 1 amide bonds. The van der Waals surface area contributed by atoms with Crippen LogP contribution in [-0.4, -0.2) is 15.5 Å². The number of nitrogens with zero attached hydrogens (tertiary/aromatic N) is 1. The minimum absolute atomic E-state index is 0.101. The summed E-state index contributed by atoms with van der Waals surface area (Å²) in [7, 11) is 0. The summed E-state index contributed by atoms with van der Waals surface area (Å²) >= 11 is 5.81. The predicted octanol–water partition coefficient (Wildman–Crippen LogP) is 2.98. The molecular formula is C16H11ClF3N3O4. The topological polar surface area (TPSA) is 97.1 Å². The highest BCUT2D eigenvalue weighted by Crippen LogP contribution is 2.29. The van der Waals surface area contributed by atoms with Gasteiger partial charge in [-0.25, -0.2) is 4.79 Å². The third kappa shape index (κ3) is 4.05. The smallest absolute Gasteiger partial charge is 0.408 e. The van der Waals surface area contributed by atoms with Crippen LogP contribution in [0.4, 0.5) is 18.9 Å². The molecule has 11 heteroatoms. The molecule has 3 aromatic rings. The molecule has 2 heterocycles. The lowest BCUT2D eigenvalue weighted by Crippen LogP contribution is -2.23. The van der Waals surface area contributed by atoms with Crippen LogP contribution >= 0.6 is 11.6 Å². The number of oxazole rings is 1. The van der Waals surface area contributed by atoms with E-state index in [1.807, 2.05) is 4.98 Å². The van der Waals surface area contributed by atoms with Crippen LogP contribution in [0.3, 0.4) is 0 Å². The van der Waals surface area contributed by atoms with Gasteiger partial charge >= 0.3 is 11.9 Å². The van der Waals surface area contributed by atoms with Gasteiger partial charge < -0.3 is 14.7 Å². The van der Waals surface area contributed by atoms with Crippen molar-refractivity contribution in [3.05, 3.63) is 62.0 Å². The Morgan fingerprint density at radius 2 is 2.00 bits per heavy atom. The number of aryl methyl sites for hydroxylation is 1. The number of carbonyl (C=O) groups excluding carboxylic acids is 1. The van der Waals surface area contributed by atoms with Crippen molar-refractivity contribution >= 4 is 34.3 Å². The Bertz CT molecular complexity index is 1130. The van der Waals surface area contributed by atoms with Gasteiger partial charge in [0.2, 0.25) is 5.91 Å².